The molecular formula is C22H29N3O3S. The van der Waals surface area contributed by atoms with E-state index in [0.29, 0.717) is 44.7 Å². The third kappa shape index (κ3) is 5.81. The van der Waals surface area contributed by atoms with Crippen LogP contribution in [-0.4, -0.2) is 57.1 Å². The molecule has 7 heteroatoms. The number of nitrogens with zero attached hydrogens (tertiary/aromatic N) is 2. The van der Waals surface area contributed by atoms with Crippen LogP contribution in [0.5, 0.6) is 0 Å². The Morgan fingerprint density at radius 2 is 1.62 bits per heavy atom. The second kappa shape index (κ2) is 9.41. The molecule has 1 saturated heterocycles. The van der Waals surface area contributed by atoms with Gasteiger partial charge in [0.05, 0.1) is 5.75 Å². The van der Waals surface area contributed by atoms with E-state index in [1.165, 1.54) is 5.56 Å². The van der Waals surface area contributed by atoms with Crippen LogP contribution in [0.3, 0.4) is 0 Å². The highest BCUT2D eigenvalue weighted by atomic mass is 32.2. The van der Waals surface area contributed by atoms with Gasteiger partial charge in [-0.3, -0.25) is 4.79 Å². The van der Waals surface area contributed by atoms with Crippen LogP contribution >= 0.6 is 0 Å². The van der Waals surface area contributed by atoms with E-state index < -0.39 is 10.0 Å². The lowest BCUT2D eigenvalue weighted by atomic mass is 10.1. The van der Waals surface area contributed by atoms with E-state index in [-0.39, 0.29) is 11.7 Å². The van der Waals surface area contributed by atoms with Crippen molar-refractivity contribution in [3.05, 3.63) is 65.2 Å². The van der Waals surface area contributed by atoms with Crippen molar-refractivity contribution >= 4 is 21.6 Å². The summed E-state index contributed by atoms with van der Waals surface area (Å²) in [5.41, 5.74) is 3.95. The first-order valence-corrected chi connectivity index (χ1v) is 11.6. The number of amides is 1. The van der Waals surface area contributed by atoms with Gasteiger partial charge in [0.15, 0.2) is 0 Å². The number of rotatable bonds is 7. The Morgan fingerprint density at radius 1 is 0.966 bits per heavy atom. The lowest BCUT2D eigenvalue weighted by Crippen LogP contribution is -2.49. The second-order valence-electron chi connectivity index (χ2n) is 7.52. The third-order valence-corrected chi connectivity index (χ3v) is 7.10. The summed E-state index contributed by atoms with van der Waals surface area (Å²) < 4.78 is 26.8. The normalized spacial score (nSPS) is 15.3. The predicted molar refractivity (Wildman–Crippen MR) is 117 cm³/mol. The quantitative estimate of drug-likeness (QED) is 0.706. The van der Waals surface area contributed by atoms with Crippen LogP contribution in [0, 0.1) is 13.8 Å². The molecule has 29 heavy (non-hydrogen) atoms. The van der Waals surface area contributed by atoms with Gasteiger partial charge >= 0.3 is 0 Å². The number of sulfonamides is 1. The minimum atomic E-state index is -3.31. The van der Waals surface area contributed by atoms with E-state index >= 15 is 0 Å². The summed E-state index contributed by atoms with van der Waals surface area (Å²) in [6.07, 6.45) is 0.401. The topological polar surface area (TPSA) is 69.7 Å². The average molecular weight is 416 g/mol. The molecule has 0 unspecified atom stereocenters. The lowest BCUT2D eigenvalue weighted by molar-refractivity contribution is 0.0953. The van der Waals surface area contributed by atoms with Crippen molar-refractivity contribution in [2.45, 2.75) is 20.3 Å². The van der Waals surface area contributed by atoms with Gasteiger partial charge in [0.25, 0.3) is 5.91 Å². The van der Waals surface area contributed by atoms with E-state index in [2.05, 4.69) is 35.3 Å². The van der Waals surface area contributed by atoms with Gasteiger partial charge in [0, 0.05) is 44.0 Å². The molecule has 1 aliphatic rings. The molecule has 0 bridgehead atoms. The van der Waals surface area contributed by atoms with Crippen LogP contribution < -0.4 is 10.2 Å². The molecule has 0 aromatic heterocycles. The monoisotopic (exact) mass is 415 g/mol. The minimum absolute atomic E-state index is 0.0472. The number of carbonyl (C=O) groups excluding carboxylic acids is 1. The largest absolute Gasteiger partial charge is 0.369 e. The zero-order valence-electron chi connectivity index (χ0n) is 17.1. The highest BCUT2D eigenvalue weighted by Crippen LogP contribution is 2.19. The third-order valence-electron chi connectivity index (χ3n) is 5.14. The number of aryl methyl sites for hydroxylation is 2. The smallest absolute Gasteiger partial charge is 0.251 e. The van der Waals surface area contributed by atoms with Gasteiger partial charge in [0.1, 0.15) is 0 Å². The number of nitrogens with one attached hydrogen (secondary N) is 1. The molecule has 2 aromatic rings. The molecule has 0 aliphatic carbocycles. The average Bonchev–Trinajstić information content (AvgIpc) is 2.71. The molecule has 1 fully saturated rings. The van der Waals surface area contributed by atoms with E-state index in [9.17, 15) is 13.2 Å². The Bertz CT molecular complexity index is 951. The first kappa shape index (κ1) is 21.3. The van der Waals surface area contributed by atoms with Crippen molar-refractivity contribution in [3.63, 3.8) is 0 Å². The molecule has 0 radical (unpaired) electrons. The fourth-order valence-electron chi connectivity index (χ4n) is 3.52. The molecule has 1 N–H and O–H groups in total. The Labute approximate surface area is 173 Å². The Morgan fingerprint density at radius 3 is 2.28 bits per heavy atom. The number of anilines is 1. The standard InChI is InChI=1S/C22H29N3O3S/c1-18-6-3-8-20(16-18)22(26)23-10-5-15-29(27,28)25-13-11-24(12-14-25)21-9-4-7-19(2)17-21/h3-4,6-9,16-17H,5,10-15H2,1-2H3,(H,23,26). The van der Waals surface area contributed by atoms with Gasteiger partial charge in [-0.2, -0.15) is 4.31 Å². The summed E-state index contributed by atoms with van der Waals surface area (Å²) in [6, 6.07) is 15.6. The molecule has 3 rings (SSSR count). The fourth-order valence-corrected chi connectivity index (χ4v) is 5.01. The van der Waals surface area contributed by atoms with Crippen LogP contribution in [0.15, 0.2) is 48.5 Å². The highest BCUT2D eigenvalue weighted by Gasteiger charge is 2.26. The van der Waals surface area contributed by atoms with Crippen LogP contribution in [0.25, 0.3) is 0 Å². The lowest BCUT2D eigenvalue weighted by Gasteiger charge is -2.35. The number of piperazine rings is 1. The zero-order valence-corrected chi connectivity index (χ0v) is 17.9. The van der Waals surface area contributed by atoms with E-state index in [0.717, 1.165) is 11.3 Å². The van der Waals surface area contributed by atoms with Gasteiger partial charge in [-0.05, 0) is 50.1 Å². The minimum Gasteiger partial charge on any atom is -0.369 e. The SMILES string of the molecule is Cc1cccc(C(=O)NCCCS(=O)(=O)N2CCN(c3cccc(C)c3)CC2)c1. The summed E-state index contributed by atoms with van der Waals surface area (Å²) >= 11 is 0. The van der Waals surface area contributed by atoms with Crippen LogP contribution in [-0.2, 0) is 10.0 Å². The summed E-state index contributed by atoms with van der Waals surface area (Å²) in [6.45, 7) is 6.69. The maximum atomic E-state index is 12.6. The Hall–Kier alpha value is -2.38. The van der Waals surface area contributed by atoms with E-state index in [1.807, 2.05) is 31.2 Å². The summed E-state index contributed by atoms with van der Waals surface area (Å²) in [5.74, 6) is -0.121. The first-order valence-electron chi connectivity index (χ1n) is 9.99. The van der Waals surface area contributed by atoms with Crippen molar-refractivity contribution in [2.24, 2.45) is 0 Å². The summed E-state index contributed by atoms with van der Waals surface area (Å²) in [7, 11) is -3.31. The molecule has 0 spiro atoms. The van der Waals surface area contributed by atoms with Crippen LogP contribution in [0.4, 0.5) is 5.69 Å². The molecule has 0 saturated carbocycles. The maximum absolute atomic E-state index is 12.6. The predicted octanol–water partition coefficient (Wildman–Crippen LogP) is 2.58. The molecule has 2 aromatic carbocycles. The highest BCUT2D eigenvalue weighted by molar-refractivity contribution is 7.89. The van der Waals surface area contributed by atoms with E-state index in [4.69, 9.17) is 0 Å². The second-order valence-corrected chi connectivity index (χ2v) is 9.61. The van der Waals surface area contributed by atoms with Gasteiger partial charge in [0.2, 0.25) is 10.0 Å². The van der Waals surface area contributed by atoms with Gasteiger partial charge in [-0.25, -0.2) is 8.42 Å². The Balaban J connectivity index is 1.44. The summed E-state index contributed by atoms with van der Waals surface area (Å²) in [4.78, 5) is 14.4. The first-order chi connectivity index (χ1) is 13.8. The van der Waals surface area contributed by atoms with Crippen molar-refractivity contribution in [1.82, 2.24) is 9.62 Å². The Kier molecular flexibility index (Phi) is 6.92. The van der Waals surface area contributed by atoms with Crippen LogP contribution in [0.1, 0.15) is 27.9 Å². The van der Waals surface area contributed by atoms with Crippen molar-refractivity contribution in [1.29, 1.82) is 0 Å². The van der Waals surface area contributed by atoms with Gasteiger partial charge in [-0.15, -0.1) is 0 Å². The molecule has 1 amide bonds. The molecule has 0 atom stereocenters. The number of hydrogen-bond donors (Lipinski definition) is 1. The molecule has 1 heterocycles. The maximum Gasteiger partial charge on any atom is 0.251 e. The van der Waals surface area contributed by atoms with Crippen LogP contribution in [0.2, 0.25) is 0 Å². The summed E-state index contributed by atoms with van der Waals surface area (Å²) in [5, 5.41) is 2.81. The van der Waals surface area contributed by atoms with Crippen molar-refractivity contribution in [2.75, 3.05) is 43.4 Å². The molecule has 6 nitrogen and oxygen atoms in total. The number of hydrogen-bond acceptors (Lipinski definition) is 4. The fraction of sp³-hybridized carbons (Fsp3) is 0.409. The van der Waals surface area contributed by atoms with E-state index in [1.54, 1.807) is 10.4 Å². The van der Waals surface area contributed by atoms with Gasteiger partial charge in [-0.1, -0.05) is 29.8 Å². The number of carbonyl (C=O) groups is 1. The van der Waals surface area contributed by atoms with Gasteiger partial charge < -0.3 is 10.2 Å². The zero-order chi connectivity index (χ0) is 20.9. The van der Waals surface area contributed by atoms with Crippen molar-refractivity contribution in [3.8, 4) is 0 Å². The molecule has 1 aliphatic heterocycles. The number of benzene rings is 2. The molecular weight excluding hydrogens is 386 g/mol. The van der Waals surface area contributed by atoms with Crippen molar-refractivity contribution < 1.29 is 13.2 Å². The molecule has 156 valence electrons.